The fraction of sp³-hybridized carbons (Fsp3) is 0.735. The van der Waals surface area contributed by atoms with Gasteiger partial charge in [-0.25, -0.2) is 4.79 Å². The van der Waals surface area contributed by atoms with Crippen molar-refractivity contribution in [1.29, 1.82) is 0 Å². The summed E-state index contributed by atoms with van der Waals surface area (Å²) in [6.45, 7) is 12.5. The first-order valence-electron chi connectivity index (χ1n) is 15.6. The Hall–Kier alpha value is -1.19. The zero-order valence-corrected chi connectivity index (χ0v) is 26.2. The third kappa shape index (κ3) is 5.78. The minimum Gasteiger partial charge on any atom is -0.446 e. The number of ether oxygens (including phenoxy) is 1. The molecule has 5 heteroatoms. The quantitative estimate of drug-likeness (QED) is 0.329. The lowest BCUT2D eigenvalue weighted by atomic mass is 9.47. The molecule has 4 aliphatic carbocycles. The maximum absolute atomic E-state index is 12.7. The molecule has 39 heavy (non-hydrogen) atoms. The van der Waals surface area contributed by atoms with Crippen LogP contribution in [0.1, 0.15) is 105 Å². The van der Waals surface area contributed by atoms with Gasteiger partial charge < -0.3 is 4.74 Å². The van der Waals surface area contributed by atoms with E-state index in [4.69, 9.17) is 27.9 Å². The second-order valence-corrected chi connectivity index (χ2v) is 15.1. The number of halogens is 2. The Balaban J connectivity index is 1.21. The summed E-state index contributed by atoms with van der Waals surface area (Å²) in [6.07, 6.45) is 16.0. The molecule has 0 aromatic heterocycles. The Kier molecular flexibility index (Phi) is 8.71. The predicted molar refractivity (Wildman–Crippen MR) is 163 cm³/mol. The van der Waals surface area contributed by atoms with E-state index in [0.717, 1.165) is 54.8 Å². The molecule has 1 aromatic rings. The van der Waals surface area contributed by atoms with E-state index in [1.165, 1.54) is 51.4 Å². The predicted octanol–water partition coefficient (Wildman–Crippen LogP) is 11.0. The molecule has 0 heterocycles. The summed E-state index contributed by atoms with van der Waals surface area (Å²) in [5, 5.41) is 3.71. The van der Waals surface area contributed by atoms with Crippen LogP contribution in [0, 0.1) is 46.3 Å². The lowest BCUT2D eigenvalue weighted by molar-refractivity contribution is -0.0577. The molecule has 1 amide bonds. The largest absolute Gasteiger partial charge is 0.446 e. The molecule has 0 unspecified atom stereocenters. The molecular formula is C34H49Cl2NO2. The SMILES string of the molecule is CC(C)CCC[C@H](C)[C@@H]1CC[C@@H]2[C@@H]3CC=C4C[C@@H](OC(=O)Nc5ccc(Cl)c(Cl)c5)CC[C@]4(C)[C@H]3CC[C@@]21C. The highest BCUT2D eigenvalue weighted by atomic mass is 35.5. The first-order valence-corrected chi connectivity index (χ1v) is 16.4. The molecule has 0 radical (unpaired) electrons. The summed E-state index contributed by atoms with van der Waals surface area (Å²) in [5.41, 5.74) is 2.92. The van der Waals surface area contributed by atoms with Crippen molar-refractivity contribution in [2.75, 3.05) is 5.32 Å². The number of fused-ring (bicyclic) bond motifs is 5. The van der Waals surface area contributed by atoms with Crippen LogP contribution in [0.5, 0.6) is 0 Å². The molecule has 216 valence electrons. The molecule has 4 aliphatic rings. The Morgan fingerprint density at radius 3 is 2.56 bits per heavy atom. The number of carbonyl (C=O) groups excluding carboxylic acids is 1. The van der Waals surface area contributed by atoms with Crippen molar-refractivity contribution in [1.82, 2.24) is 0 Å². The molecule has 0 aliphatic heterocycles. The van der Waals surface area contributed by atoms with Gasteiger partial charge in [0.05, 0.1) is 10.0 Å². The maximum Gasteiger partial charge on any atom is 0.411 e. The third-order valence-corrected chi connectivity index (χ3v) is 12.4. The highest BCUT2D eigenvalue weighted by Gasteiger charge is 2.59. The van der Waals surface area contributed by atoms with E-state index in [-0.39, 0.29) is 11.5 Å². The van der Waals surface area contributed by atoms with Crippen LogP contribution in [0.25, 0.3) is 0 Å². The topological polar surface area (TPSA) is 38.3 Å². The van der Waals surface area contributed by atoms with E-state index in [1.54, 1.807) is 23.8 Å². The summed E-state index contributed by atoms with van der Waals surface area (Å²) in [7, 11) is 0. The Morgan fingerprint density at radius 1 is 1.03 bits per heavy atom. The average Bonchev–Trinajstić information content (AvgIpc) is 3.23. The van der Waals surface area contributed by atoms with Crippen LogP contribution >= 0.6 is 23.2 Å². The minimum absolute atomic E-state index is 0.0694. The molecule has 0 saturated heterocycles. The van der Waals surface area contributed by atoms with Crippen molar-refractivity contribution in [3.8, 4) is 0 Å². The van der Waals surface area contributed by atoms with Crippen molar-refractivity contribution >= 4 is 35.0 Å². The molecule has 0 spiro atoms. The fourth-order valence-electron chi connectivity index (χ4n) is 9.63. The number of hydrogen-bond donors (Lipinski definition) is 1. The first kappa shape index (κ1) is 29.3. The second kappa shape index (κ2) is 11.6. The van der Waals surface area contributed by atoms with Crippen LogP contribution in [-0.4, -0.2) is 12.2 Å². The van der Waals surface area contributed by atoms with E-state index in [2.05, 4.69) is 46.0 Å². The second-order valence-electron chi connectivity index (χ2n) is 14.3. The smallest absolute Gasteiger partial charge is 0.411 e. The van der Waals surface area contributed by atoms with Crippen molar-refractivity contribution in [3.05, 3.63) is 39.9 Å². The Morgan fingerprint density at radius 2 is 1.82 bits per heavy atom. The normalized spacial score (nSPS) is 36.4. The van der Waals surface area contributed by atoms with Crippen molar-refractivity contribution in [3.63, 3.8) is 0 Å². The van der Waals surface area contributed by atoms with Crippen molar-refractivity contribution in [2.45, 2.75) is 111 Å². The van der Waals surface area contributed by atoms with E-state index in [0.29, 0.717) is 21.1 Å². The zero-order valence-electron chi connectivity index (χ0n) is 24.7. The molecule has 1 N–H and O–H groups in total. The molecule has 0 bridgehead atoms. The third-order valence-electron chi connectivity index (χ3n) is 11.7. The van der Waals surface area contributed by atoms with Gasteiger partial charge in [-0.15, -0.1) is 0 Å². The number of amides is 1. The van der Waals surface area contributed by atoms with Gasteiger partial charge in [-0.1, -0.05) is 88.7 Å². The minimum atomic E-state index is -0.413. The number of allylic oxidation sites excluding steroid dienone is 1. The molecule has 1 aromatic carbocycles. The number of rotatable bonds is 7. The number of nitrogens with one attached hydrogen (secondary N) is 1. The van der Waals surface area contributed by atoms with Crippen LogP contribution in [0.2, 0.25) is 10.0 Å². The van der Waals surface area contributed by atoms with Gasteiger partial charge in [0, 0.05) is 12.1 Å². The summed E-state index contributed by atoms with van der Waals surface area (Å²) in [6, 6.07) is 5.09. The van der Waals surface area contributed by atoms with Crippen LogP contribution in [-0.2, 0) is 4.74 Å². The summed E-state index contributed by atoms with van der Waals surface area (Å²) in [5.74, 6) is 5.03. The highest BCUT2D eigenvalue weighted by Crippen LogP contribution is 2.67. The number of anilines is 1. The van der Waals surface area contributed by atoms with Gasteiger partial charge in [-0.05, 0) is 109 Å². The van der Waals surface area contributed by atoms with E-state index in [1.807, 2.05) is 0 Å². The lowest BCUT2D eigenvalue weighted by Crippen LogP contribution is -2.51. The molecule has 8 atom stereocenters. The van der Waals surface area contributed by atoms with Gasteiger partial charge >= 0.3 is 6.09 Å². The lowest BCUT2D eigenvalue weighted by Gasteiger charge is -2.58. The maximum atomic E-state index is 12.7. The highest BCUT2D eigenvalue weighted by molar-refractivity contribution is 6.42. The number of hydrogen-bond acceptors (Lipinski definition) is 2. The van der Waals surface area contributed by atoms with Crippen LogP contribution < -0.4 is 5.32 Å². The van der Waals surface area contributed by atoms with Crippen LogP contribution in [0.3, 0.4) is 0 Å². The van der Waals surface area contributed by atoms with Gasteiger partial charge in [-0.2, -0.15) is 0 Å². The molecule has 3 saturated carbocycles. The van der Waals surface area contributed by atoms with E-state index in [9.17, 15) is 4.79 Å². The Bertz CT molecular complexity index is 1080. The van der Waals surface area contributed by atoms with Crippen molar-refractivity contribution < 1.29 is 9.53 Å². The van der Waals surface area contributed by atoms with Gasteiger partial charge in [0.1, 0.15) is 6.10 Å². The average molecular weight is 575 g/mol. The number of benzene rings is 1. The summed E-state index contributed by atoms with van der Waals surface area (Å²) < 4.78 is 5.90. The Labute approximate surface area is 246 Å². The van der Waals surface area contributed by atoms with Crippen molar-refractivity contribution in [2.24, 2.45) is 46.3 Å². The van der Waals surface area contributed by atoms with Crippen LogP contribution in [0.4, 0.5) is 10.5 Å². The fourth-order valence-corrected chi connectivity index (χ4v) is 9.92. The van der Waals surface area contributed by atoms with Gasteiger partial charge in [0.15, 0.2) is 0 Å². The molecule has 5 rings (SSSR count). The first-order chi connectivity index (χ1) is 18.5. The van der Waals surface area contributed by atoms with E-state index >= 15 is 0 Å². The van der Waals surface area contributed by atoms with E-state index < -0.39 is 6.09 Å². The van der Waals surface area contributed by atoms with Gasteiger partial charge in [-0.3, -0.25) is 5.32 Å². The molecular weight excluding hydrogens is 525 g/mol. The van der Waals surface area contributed by atoms with Crippen LogP contribution in [0.15, 0.2) is 29.8 Å². The van der Waals surface area contributed by atoms with Gasteiger partial charge in [0.2, 0.25) is 0 Å². The summed E-state index contributed by atoms with van der Waals surface area (Å²) in [4.78, 5) is 12.7. The molecule has 3 nitrogen and oxygen atoms in total. The zero-order chi connectivity index (χ0) is 27.9. The standard InChI is InChI=1S/C34H49Cl2NO2/c1-21(2)7-6-8-22(3)27-12-13-28-26-11-9-23-19-25(15-17-33(23,4)29(26)16-18-34(27,28)5)39-32(38)37-24-10-14-30(35)31(36)20-24/h9-10,14,20-22,25-29H,6-8,11-13,15-19H2,1-5H3,(H,37,38)/t22-,25-,26-,27-,28+,29-,33-,34+/m0/s1. The summed E-state index contributed by atoms with van der Waals surface area (Å²) >= 11 is 12.1. The monoisotopic (exact) mass is 573 g/mol. The molecule has 3 fully saturated rings. The van der Waals surface area contributed by atoms with Gasteiger partial charge in [0.25, 0.3) is 0 Å². The number of carbonyl (C=O) groups is 1.